The zero-order chi connectivity index (χ0) is 9.71. The lowest BCUT2D eigenvalue weighted by Gasteiger charge is -2.02. The van der Waals surface area contributed by atoms with Crippen LogP contribution in [0.3, 0.4) is 0 Å². The van der Waals surface area contributed by atoms with E-state index in [2.05, 4.69) is 23.1 Å². The van der Waals surface area contributed by atoms with Gasteiger partial charge in [0, 0.05) is 6.20 Å². The van der Waals surface area contributed by atoms with E-state index in [-0.39, 0.29) is 0 Å². The van der Waals surface area contributed by atoms with E-state index in [1.54, 1.807) is 0 Å². The van der Waals surface area contributed by atoms with Crippen LogP contribution in [0.4, 0.5) is 0 Å². The van der Waals surface area contributed by atoms with E-state index < -0.39 is 0 Å². The molecule has 0 radical (unpaired) electrons. The van der Waals surface area contributed by atoms with Gasteiger partial charge in [0.2, 0.25) is 0 Å². The summed E-state index contributed by atoms with van der Waals surface area (Å²) in [6.07, 6.45) is 4.70. The van der Waals surface area contributed by atoms with Gasteiger partial charge in [0.1, 0.15) is 5.82 Å². The Morgan fingerprint density at radius 2 is 2.14 bits per heavy atom. The first-order chi connectivity index (χ1) is 6.75. The Bertz CT molecular complexity index is 494. The van der Waals surface area contributed by atoms with Crippen LogP contribution in [-0.4, -0.2) is 14.6 Å². The van der Waals surface area contributed by atoms with Crippen LogP contribution in [0.15, 0.2) is 12.3 Å². The lowest BCUT2D eigenvalue weighted by atomic mass is 10.1. The van der Waals surface area contributed by atoms with Crippen molar-refractivity contribution in [3.8, 4) is 0 Å². The van der Waals surface area contributed by atoms with Crippen molar-refractivity contribution in [2.24, 2.45) is 0 Å². The Balaban J connectivity index is 2.33. The van der Waals surface area contributed by atoms with Crippen LogP contribution in [0.1, 0.15) is 35.8 Å². The monoisotopic (exact) mass is 187 g/mol. The summed E-state index contributed by atoms with van der Waals surface area (Å²) < 4.78 is 1.96. The van der Waals surface area contributed by atoms with Gasteiger partial charge in [0.05, 0.1) is 11.2 Å². The van der Waals surface area contributed by atoms with E-state index in [1.165, 1.54) is 23.9 Å². The van der Waals surface area contributed by atoms with Crippen LogP contribution in [-0.2, 0) is 0 Å². The topological polar surface area (TPSA) is 30.2 Å². The van der Waals surface area contributed by atoms with E-state index in [0.29, 0.717) is 0 Å². The third-order valence-corrected chi connectivity index (χ3v) is 2.84. The maximum absolute atomic E-state index is 4.41. The minimum Gasteiger partial charge on any atom is -0.237 e. The van der Waals surface area contributed by atoms with Gasteiger partial charge in [-0.2, -0.15) is 5.10 Å². The lowest BCUT2D eigenvalue weighted by molar-refractivity contribution is 0.839. The summed E-state index contributed by atoms with van der Waals surface area (Å²) in [6.45, 7) is 4.00. The van der Waals surface area contributed by atoms with Crippen molar-refractivity contribution in [1.29, 1.82) is 0 Å². The van der Waals surface area contributed by atoms with E-state index in [1.807, 2.05) is 17.6 Å². The second-order valence-electron chi connectivity index (χ2n) is 4.08. The standard InChI is InChI=1S/C11H13N3/c1-7-11-10(9-3-4-9)5-6-14(11)13-8(2)12-7/h5-6,9H,3-4H2,1-2H3. The Labute approximate surface area is 82.8 Å². The van der Waals surface area contributed by atoms with Crippen molar-refractivity contribution >= 4 is 5.52 Å². The number of aromatic nitrogens is 3. The summed E-state index contributed by atoms with van der Waals surface area (Å²) in [5.74, 6) is 1.61. The normalized spacial score (nSPS) is 16.4. The van der Waals surface area contributed by atoms with Crippen molar-refractivity contribution in [3.05, 3.63) is 29.3 Å². The van der Waals surface area contributed by atoms with Crippen LogP contribution in [0.2, 0.25) is 0 Å². The first-order valence-corrected chi connectivity index (χ1v) is 5.08. The van der Waals surface area contributed by atoms with Gasteiger partial charge in [-0.3, -0.25) is 0 Å². The molecule has 1 aliphatic carbocycles. The summed E-state index contributed by atoms with van der Waals surface area (Å²) in [4.78, 5) is 4.41. The average Bonchev–Trinajstić information content (AvgIpc) is 2.87. The number of fused-ring (bicyclic) bond motifs is 1. The second kappa shape index (κ2) is 2.56. The fourth-order valence-electron chi connectivity index (χ4n) is 2.09. The molecule has 2 aromatic rings. The second-order valence-corrected chi connectivity index (χ2v) is 4.08. The van der Waals surface area contributed by atoms with Gasteiger partial charge in [-0.05, 0) is 44.2 Å². The fourth-order valence-corrected chi connectivity index (χ4v) is 2.09. The highest BCUT2D eigenvalue weighted by Crippen LogP contribution is 2.42. The van der Waals surface area contributed by atoms with E-state index in [4.69, 9.17) is 0 Å². The predicted molar refractivity (Wildman–Crippen MR) is 54.4 cm³/mol. The van der Waals surface area contributed by atoms with Crippen LogP contribution >= 0.6 is 0 Å². The summed E-state index contributed by atoms with van der Waals surface area (Å²) in [5.41, 5.74) is 3.75. The molecule has 3 rings (SSSR count). The average molecular weight is 187 g/mol. The van der Waals surface area contributed by atoms with Crippen molar-refractivity contribution in [3.63, 3.8) is 0 Å². The Morgan fingerprint density at radius 3 is 2.86 bits per heavy atom. The largest absolute Gasteiger partial charge is 0.237 e. The van der Waals surface area contributed by atoms with E-state index in [0.717, 1.165) is 17.4 Å². The Morgan fingerprint density at radius 1 is 1.36 bits per heavy atom. The van der Waals surface area contributed by atoms with Crippen LogP contribution in [0.5, 0.6) is 0 Å². The number of aryl methyl sites for hydroxylation is 2. The molecule has 0 aliphatic heterocycles. The van der Waals surface area contributed by atoms with E-state index in [9.17, 15) is 0 Å². The summed E-state index contributed by atoms with van der Waals surface area (Å²) in [7, 11) is 0. The molecule has 0 amide bonds. The molecule has 0 N–H and O–H groups in total. The lowest BCUT2D eigenvalue weighted by Crippen LogP contribution is -2.00. The summed E-state index contributed by atoms with van der Waals surface area (Å²) in [6, 6.07) is 2.19. The molecule has 2 heterocycles. The molecular weight excluding hydrogens is 174 g/mol. The maximum atomic E-state index is 4.41. The molecule has 3 heteroatoms. The third-order valence-electron chi connectivity index (χ3n) is 2.84. The van der Waals surface area contributed by atoms with Crippen LogP contribution < -0.4 is 0 Å². The predicted octanol–water partition coefficient (Wildman–Crippen LogP) is 2.22. The van der Waals surface area contributed by atoms with Gasteiger partial charge < -0.3 is 0 Å². The Kier molecular flexibility index (Phi) is 1.46. The fraction of sp³-hybridized carbons (Fsp3) is 0.455. The first kappa shape index (κ1) is 7.97. The number of rotatable bonds is 1. The Hall–Kier alpha value is -1.38. The van der Waals surface area contributed by atoms with Gasteiger partial charge in [-0.25, -0.2) is 9.50 Å². The van der Waals surface area contributed by atoms with E-state index >= 15 is 0 Å². The highest BCUT2D eigenvalue weighted by Gasteiger charge is 2.27. The molecule has 72 valence electrons. The number of hydrogen-bond donors (Lipinski definition) is 0. The first-order valence-electron chi connectivity index (χ1n) is 5.08. The molecule has 1 aliphatic rings. The molecular formula is C11H13N3. The quantitative estimate of drug-likeness (QED) is 0.685. The highest BCUT2D eigenvalue weighted by molar-refractivity contribution is 5.60. The van der Waals surface area contributed by atoms with Gasteiger partial charge in [-0.15, -0.1) is 0 Å². The molecule has 0 spiro atoms. The van der Waals surface area contributed by atoms with Crippen molar-refractivity contribution in [2.75, 3.05) is 0 Å². The zero-order valence-corrected chi connectivity index (χ0v) is 8.49. The minimum absolute atomic E-state index is 0.769. The molecule has 0 atom stereocenters. The molecule has 0 saturated heterocycles. The zero-order valence-electron chi connectivity index (χ0n) is 8.49. The summed E-state index contributed by atoms with van der Waals surface area (Å²) in [5, 5.41) is 4.37. The number of hydrogen-bond acceptors (Lipinski definition) is 2. The number of nitrogens with zero attached hydrogens (tertiary/aromatic N) is 3. The molecule has 0 unspecified atom stereocenters. The molecule has 0 bridgehead atoms. The molecule has 14 heavy (non-hydrogen) atoms. The minimum atomic E-state index is 0.769. The van der Waals surface area contributed by atoms with Crippen molar-refractivity contribution in [1.82, 2.24) is 14.6 Å². The maximum Gasteiger partial charge on any atom is 0.146 e. The highest BCUT2D eigenvalue weighted by atomic mass is 15.2. The molecule has 2 aromatic heterocycles. The molecule has 1 saturated carbocycles. The van der Waals surface area contributed by atoms with Gasteiger partial charge >= 0.3 is 0 Å². The molecule has 1 fully saturated rings. The van der Waals surface area contributed by atoms with Gasteiger partial charge in [-0.1, -0.05) is 0 Å². The van der Waals surface area contributed by atoms with Crippen molar-refractivity contribution < 1.29 is 0 Å². The third kappa shape index (κ3) is 1.05. The smallest absolute Gasteiger partial charge is 0.146 e. The van der Waals surface area contributed by atoms with Gasteiger partial charge in [0.15, 0.2) is 0 Å². The molecule has 0 aromatic carbocycles. The molecule has 3 nitrogen and oxygen atoms in total. The summed E-state index contributed by atoms with van der Waals surface area (Å²) >= 11 is 0. The van der Waals surface area contributed by atoms with Crippen LogP contribution in [0, 0.1) is 13.8 Å². The van der Waals surface area contributed by atoms with Gasteiger partial charge in [0.25, 0.3) is 0 Å². The van der Waals surface area contributed by atoms with Crippen molar-refractivity contribution in [2.45, 2.75) is 32.6 Å². The SMILES string of the molecule is Cc1nc(C)c2c(C3CC3)ccn2n1. The van der Waals surface area contributed by atoms with Crippen LogP contribution in [0.25, 0.3) is 5.52 Å².